The van der Waals surface area contributed by atoms with Crippen LogP contribution in [0.4, 0.5) is 0 Å². The van der Waals surface area contributed by atoms with Crippen LogP contribution in [0.5, 0.6) is 0 Å². The molecule has 1 aliphatic heterocycles. The van der Waals surface area contributed by atoms with Crippen LogP contribution in [0.15, 0.2) is 24.3 Å². The summed E-state index contributed by atoms with van der Waals surface area (Å²) in [6.07, 6.45) is 3.21. The lowest BCUT2D eigenvalue weighted by Gasteiger charge is -2.45. The van der Waals surface area contributed by atoms with Gasteiger partial charge in [0.2, 0.25) is 5.91 Å². The highest BCUT2D eigenvalue weighted by Crippen LogP contribution is 2.45. The Morgan fingerprint density at radius 1 is 1.29 bits per heavy atom. The normalized spacial score (nSPS) is 25.0. The Kier molecular flexibility index (Phi) is 6.12. The lowest BCUT2D eigenvalue weighted by atomic mass is 9.63. The van der Waals surface area contributed by atoms with Crippen LogP contribution >= 0.6 is 0 Å². The second-order valence-corrected chi connectivity index (χ2v) is 9.99. The summed E-state index contributed by atoms with van der Waals surface area (Å²) in [6.45, 7) is 11.6. The summed E-state index contributed by atoms with van der Waals surface area (Å²) < 4.78 is 5.63. The van der Waals surface area contributed by atoms with Gasteiger partial charge in [0.1, 0.15) is 6.04 Å². The van der Waals surface area contributed by atoms with Gasteiger partial charge < -0.3 is 10.1 Å². The summed E-state index contributed by atoms with van der Waals surface area (Å²) in [6, 6.07) is 9.72. The zero-order valence-electron chi connectivity index (χ0n) is 17.6. The van der Waals surface area contributed by atoms with Gasteiger partial charge in [-0.3, -0.25) is 9.69 Å². The van der Waals surface area contributed by atoms with E-state index in [1.807, 2.05) is 18.2 Å². The van der Waals surface area contributed by atoms with Crippen molar-refractivity contribution in [1.29, 1.82) is 5.26 Å². The molecule has 1 heterocycles. The van der Waals surface area contributed by atoms with Crippen LogP contribution in [-0.4, -0.2) is 42.6 Å². The van der Waals surface area contributed by atoms with E-state index in [4.69, 9.17) is 10.00 Å². The number of benzene rings is 1. The second kappa shape index (κ2) is 8.23. The molecule has 1 atom stereocenters. The minimum Gasteiger partial charge on any atom is -0.378 e. The molecule has 152 valence electrons. The smallest absolute Gasteiger partial charge is 0.239 e. The lowest BCUT2D eigenvalue weighted by molar-refractivity contribution is -0.134. The number of nitrogens with zero attached hydrogens (tertiary/aromatic N) is 2. The minimum absolute atomic E-state index is 0.0645. The van der Waals surface area contributed by atoms with Crippen LogP contribution in [0.25, 0.3) is 0 Å². The number of morpholine rings is 1. The number of carbonyl (C=O) groups is 1. The number of nitriles is 1. The summed E-state index contributed by atoms with van der Waals surface area (Å²) in [5.41, 5.74) is 2.18. The van der Waals surface area contributed by atoms with Crippen molar-refractivity contribution in [3.05, 3.63) is 35.4 Å². The first-order chi connectivity index (χ1) is 13.2. The molecule has 5 nitrogen and oxygen atoms in total. The third kappa shape index (κ3) is 5.33. The Morgan fingerprint density at radius 3 is 2.68 bits per heavy atom. The van der Waals surface area contributed by atoms with Gasteiger partial charge in [0, 0.05) is 19.1 Å². The molecule has 1 saturated carbocycles. The highest BCUT2D eigenvalue weighted by Gasteiger charge is 2.40. The van der Waals surface area contributed by atoms with Gasteiger partial charge in [-0.05, 0) is 47.8 Å². The van der Waals surface area contributed by atoms with Crippen LogP contribution in [0, 0.1) is 22.2 Å². The predicted octanol–water partition coefficient (Wildman–Crippen LogP) is 3.48. The summed E-state index contributed by atoms with van der Waals surface area (Å²) in [4.78, 5) is 15.3. The van der Waals surface area contributed by atoms with Crippen molar-refractivity contribution in [2.45, 2.75) is 65.6 Å². The van der Waals surface area contributed by atoms with Crippen LogP contribution in [0.2, 0.25) is 0 Å². The number of amides is 1. The molecule has 1 aliphatic carbocycles. The molecule has 0 spiro atoms. The first-order valence-electron chi connectivity index (χ1n) is 10.3. The first-order valence-corrected chi connectivity index (χ1v) is 10.3. The highest BCUT2D eigenvalue weighted by atomic mass is 16.5. The minimum atomic E-state index is -0.285. The van der Waals surface area contributed by atoms with Gasteiger partial charge in [0.05, 0.1) is 24.8 Å². The average Bonchev–Trinajstić information content (AvgIpc) is 2.59. The van der Waals surface area contributed by atoms with Gasteiger partial charge in [-0.1, -0.05) is 39.8 Å². The molecule has 1 saturated heterocycles. The third-order valence-corrected chi connectivity index (χ3v) is 5.89. The monoisotopic (exact) mass is 383 g/mol. The van der Waals surface area contributed by atoms with Gasteiger partial charge in [-0.2, -0.15) is 5.26 Å². The number of nitrogens with one attached hydrogen (secondary N) is 1. The van der Waals surface area contributed by atoms with E-state index in [0.29, 0.717) is 25.3 Å². The zero-order chi connectivity index (χ0) is 20.4. The van der Waals surface area contributed by atoms with Crippen molar-refractivity contribution < 1.29 is 9.53 Å². The van der Waals surface area contributed by atoms with Gasteiger partial charge in [-0.25, -0.2) is 0 Å². The van der Waals surface area contributed by atoms with Gasteiger partial charge in [-0.15, -0.1) is 0 Å². The maximum Gasteiger partial charge on any atom is 0.239 e. The Hall–Kier alpha value is -1.90. The van der Waals surface area contributed by atoms with E-state index in [1.54, 1.807) is 6.07 Å². The molecule has 0 bridgehead atoms. The average molecular weight is 384 g/mol. The zero-order valence-corrected chi connectivity index (χ0v) is 17.6. The molecule has 0 aromatic heterocycles. The fraction of sp³-hybridized carbons (Fsp3) is 0.652. The van der Waals surface area contributed by atoms with Crippen LogP contribution in [0.3, 0.4) is 0 Å². The van der Waals surface area contributed by atoms with E-state index in [-0.39, 0.29) is 28.8 Å². The SMILES string of the molecule is CC1(C)CC(NC(=O)C2COCCN2Cc2cccc(C#N)c2)CC(C)(C)C1. The van der Waals surface area contributed by atoms with Crippen molar-refractivity contribution in [2.24, 2.45) is 10.8 Å². The number of rotatable bonds is 4. The number of ether oxygens (including phenoxy) is 1. The molecule has 1 N–H and O–H groups in total. The van der Waals surface area contributed by atoms with E-state index in [0.717, 1.165) is 24.9 Å². The molecular formula is C23H33N3O2. The summed E-state index contributed by atoms with van der Waals surface area (Å²) in [5, 5.41) is 12.5. The van der Waals surface area contributed by atoms with Crippen LogP contribution < -0.4 is 5.32 Å². The lowest BCUT2D eigenvalue weighted by Crippen LogP contribution is -2.56. The van der Waals surface area contributed by atoms with Crippen molar-refractivity contribution in [2.75, 3.05) is 19.8 Å². The maximum absolute atomic E-state index is 13.1. The number of hydrogen-bond acceptors (Lipinski definition) is 4. The molecule has 1 aromatic carbocycles. The van der Waals surface area contributed by atoms with E-state index in [9.17, 15) is 4.79 Å². The highest BCUT2D eigenvalue weighted by molar-refractivity contribution is 5.82. The third-order valence-electron chi connectivity index (χ3n) is 5.89. The molecule has 1 aromatic rings. The standard InChI is InChI=1S/C23H33N3O2/c1-22(2)11-19(12-23(3,4)16-22)25-21(27)20-15-28-9-8-26(20)14-18-7-5-6-17(10-18)13-24/h5-7,10,19-20H,8-9,11-12,14-16H2,1-4H3,(H,25,27). The van der Waals surface area contributed by atoms with Gasteiger partial charge >= 0.3 is 0 Å². The van der Waals surface area contributed by atoms with E-state index < -0.39 is 0 Å². The molecule has 28 heavy (non-hydrogen) atoms. The molecule has 3 rings (SSSR count). The first kappa shape index (κ1) is 20.8. The van der Waals surface area contributed by atoms with Gasteiger partial charge in [0.15, 0.2) is 0 Å². The summed E-state index contributed by atoms with van der Waals surface area (Å²) in [5.74, 6) is 0.0645. The molecule has 0 radical (unpaired) electrons. The fourth-order valence-corrected chi connectivity index (χ4v) is 5.29. The molecule has 2 aliphatic rings. The summed E-state index contributed by atoms with van der Waals surface area (Å²) >= 11 is 0. The van der Waals surface area contributed by atoms with Crippen molar-refractivity contribution in [1.82, 2.24) is 10.2 Å². The van der Waals surface area contributed by atoms with Crippen LogP contribution in [-0.2, 0) is 16.1 Å². The predicted molar refractivity (Wildman–Crippen MR) is 110 cm³/mol. The largest absolute Gasteiger partial charge is 0.378 e. The molecule has 5 heteroatoms. The molecule has 1 unspecified atom stereocenters. The van der Waals surface area contributed by atoms with Crippen molar-refractivity contribution in [3.63, 3.8) is 0 Å². The Bertz CT molecular complexity index is 734. The molecular weight excluding hydrogens is 350 g/mol. The second-order valence-electron chi connectivity index (χ2n) is 9.99. The van der Waals surface area contributed by atoms with Gasteiger partial charge in [0.25, 0.3) is 0 Å². The number of hydrogen-bond donors (Lipinski definition) is 1. The van der Waals surface area contributed by atoms with Crippen molar-refractivity contribution >= 4 is 5.91 Å². The summed E-state index contributed by atoms with van der Waals surface area (Å²) in [7, 11) is 0. The van der Waals surface area contributed by atoms with E-state index in [2.05, 4.69) is 44.0 Å². The van der Waals surface area contributed by atoms with E-state index in [1.165, 1.54) is 6.42 Å². The topological polar surface area (TPSA) is 65.4 Å². The Morgan fingerprint density at radius 2 is 2.00 bits per heavy atom. The Balaban J connectivity index is 1.67. The van der Waals surface area contributed by atoms with Crippen molar-refractivity contribution in [3.8, 4) is 6.07 Å². The maximum atomic E-state index is 13.1. The number of carbonyl (C=O) groups excluding carboxylic acids is 1. The van der Waals surface area contributed by atoms with E-state index >= 15 is 0 Å². The molecule has 2 fully saturated rings. The Labute approximate surface area is 169 Å². The fourth-order valence-electron chi connectivity index (χ4n) is 5.29. The quantitative estimate of drug-likeness (QED) is 0.864. The van der Waals surface area contributed by atoms with Crippen LogP contribution in [0.1, 0.15) is 58.1 Å². The molecule has 1 amide bonds.